The summed E-state index contributed by atoms with van der Waals surface area (Å²) in [6, 6.07) is 20.0. The molecule has 0 bridgehead atoms. The SMILES string of the molecule is C=CC1=C(C=C)c2nc(-c3ccc(N)cc3)c(-c3ccc(C4(NC(=O)OC(C)(C)C)CCC4)cc3)n2-c2cccnc2N1. The maximum Gasteiger partial charge on any atom is 0.408 e. The van der Waals surface area contributed by atoms with E-state index in [2.05, 4.69) is 57.6 Å². The molecule has 6 rings (SSSR count). The number of nitrogens with two attached hydrogens (primary N) is 1. The first kappa shape index (κ1) is 28.0. The summed E-state index contributed by atoms with van der Waals surface area (Å²) in [5.41, 5.74) is 12.8. The van der Waals surface area contributed by atoms with Crippen LogP contribution in [0.2, 0.25) is 0 Å². The zero-order chi connectivity index (χ0) is 30.4. The van der Waals surface area contributed by atoms with Crippen LogP contribution in [-0.2, 0) is 10.3 Å². The number of nitrogen functional groups attached to an aromatic ring is 1. The Morgan fingerprint density at radius 3 is 2.35 bits per heavy atom. The van der Waals surface area contributed by atoms with Crippen molar-refractivity contribution in [2.45, 2.75) is 51.2 Å². The number of pyridine rings is 1. The summed E-state index contributed by atoms with van der Waals surface area (Å²) < 4.78 is 7.72. The van der Waals surface area contributed by atoms with Crippen molar-refractivity contribution in [1.29, 1.82) is 0 Å². The second-order valence-corrected chi connectivity index (χ2v) is 12.0. The molecule has 218 valence electrons. The smallest absolute Gasteiger partial charge is 0.408 e. The van der Waals surface area contributed by atoms with E-state index in [-0.39, 0.29) is 0 Å². The van der Waals surface area contributed by atoms with E-state index < -0.39 is 17.2 Å². The number of amides is 1. The van der Waals surface area contributed by atoms with Crippen LogP contribution in [0.25, 0.3) is 33.8 Å². The van der Waals surface area contributed by atoms with E-state index in [1.165, 1.54) is 0 Å². The Labute approximate surface area is 252 Å². The van der Waals surface area contributed by atoms with Crippen LogP contribution in [0.15, 0.2) is 97.9 Å². The van der Waals surface area contributed by atoms with Crippen molar-refractivity contribution in [3.63, 3.8) is 0 Å². The molecule has 1 fully saturated rings. The van der Waals surface area contributed by atoms with Crippen LogP contribution >= 0.6 is 0 Å². The van der Waals surface area contributed by atoms with Crippen LogP contribution in [-0.4, -0.2) is 26.2 Å². The number of aromatic nitrogens is 3. The van der Waals surface area contributed by atoms with E-state index in [9.17, 15) is 4.79 Å². The molecule has 2 aliphatic rings. The zero-order valence-electron chi connectivity index (χ0n) is 24.8. The first-order chi connectivity index (χ1) is 20.6. The Bertz CT molecular complexity index is 1750. The molecule has 1 aliphatic heterocycles. The molecule has 1 saturated carbocycles. The number of anilines is 2. The lowest BCUT2D eigenvalue weighted by molar-refractivity contribution is 0.0377. The zero-order valence-corrected chi connectivity index (χ0v) is 24.8. The van der Waals surface area contributed by atoms with Crippen molar-refractivity contribution in [1.82, 2.24) is 19.9 Å². The fraction of sp³-hybridized carbons (Fsp3) is 0.229. The molecule has 43 heavy (non-hydrogen) atoms. The van der Waals surface area contributed by atoms with Gasteiger partial charge in [-0.2, -0.15) is 0 Å². The highest BCUT2D eigenvalue weighted by atomic mass is 16.6. The molecule has 1 aliphatic carbocycles. The first-order valence-electron chi connectivity index (χ1n) is 14.4. The number of allylic oxidation sites excluding steroid dienone is 3. The fourth-order valence-electron chi connectivity index (χ4n) is 5.76. The molecule has 0 radical (unpaired) electrons. The van der Waals surface area contributed by atoms with Gasteiger partial charge in [-0.3, -0.25) is 4.57 Å². The van der Waals surface area contributed by atoms with E-state index in [4.69, 9.17) is 15.5 Å². The minimum atomic E-state index is -0.568. The first-order valence-corrected chi connectivity index (χ1v) is 14.4. The van der Waals surface area contributed by atoms with Crippen molar-refractivity contribution in [2.24, 2.45) is 0 Å². The molecule has 0 spiro atoms. The molecule has 1 amide bonds. The minimum Gasteiger partial charge on any atom is -0.444 e. The second-order valence-electron chi connectivity index (χ2n) is 12.0. The summed E-state index contributed by atoms with van der Waals surface area (Å²) in [6.07, 6.45) is 7.65. The Morgan fingerprint density at radius 1 is 1.05 bits per heavy atom. The van der Waals surface area contributed by atoms with Crippen molar-refractivity contribution in [3.05, 3.63) is 109 Å². The van der Waals surface area contributed by atoms with E-state index >= 15 is 0 Å². The number of carbonyl (C=O) groups excluding carboxylic acids is 1. The van der Waals surface area contributed by atoms with Gasteiger partial charge in [0.25, 0.3) is 0 Å². The van der Waals surface area contributed by atoms with Gasteiger partial charge in [0.1, 0.15) is 11.4 Å². The highest BCUT2D eigenvalue weighted by Crippen LogP contribution is 2.44. The topological polar surface area (TPSA) is 107 Å². The Hall–Kier alpha value is -5.11. The summed E-state index contributed by atoms with van der Waals surface area (Å²) in [5.74, 6) is 1.40. The van der Waals surface area contributed by atoms with E-state index in [0.29, 0.717) is 11.5 Å². The van der Waals surface area contributed by atoms with Crippen molar-refractivity contribution in [2.75, 3.05) is 11.1 Å². The maximum atomic E-state index is 12.8. The van der Waals surface area contributed by atoms with Crippen molar-refractivity contribution in [3.8, 4) is 28.2 Å². The van der Waals surface area contributed by atoms with Gasteiger partial charge in [0.2, 0.25) is 0 Å². The molecule has 0 saturated heterocycles. The number of carbonyl (C=O) groups is 1. The molecule has 8 nitrogen and oxygen atoms in total. The van der Waals surface area contributed by atoms with Gasteiger partial charge in [-0.05, 0) is 75.9 Å². The summed E-state index contributed by atoms with van der Waals surface area (Å²) in [7, 11) is 0. The van der Waals surface area contributed by atoms with Crippen LogP contribution in [0, 0.1) is 0 Å². The monoisotopic (exact) mass is 572 g/mol. The average Bonchev–Trinajstić information content (AvgIpc) is 3.28. The number of alkyl carbamates (subject to hydrolysis) is 1. The van der Waals surface area contributed by atoms with Crippen LogP contribution in [0.1, 0.15) is 51.4 Å². The van der Waals surface area contributed by atoms with Crippen LogP contribution in [0.5, 0.6) is 0 Å². The predicted molar refractivity (Wildman–Crippen MR) is 172 cm³/mol. The van der Waals surface area contributed by atoms with E-state index in [0.717, 1.165) is 70.1 Å². The average molecular weight is 573 g/mol. The van der Waals surface area contributed by atoms with Crippen LogP contribution < -0.4 is 16.4 Å². The number of fused-ring (bicyclic) bond motifs is 3. The Kier molecular flexibility index (Phi) is 6.92. The number of ether oxygens (including phenoxy) is 1. The van der Waals surface area contributed by atoms with Gasteiger partial charge in [0, 0.05) is 28.6 Å². The summed E-state index contributed by atoms with van der Waals surface area (Å²) in [4.78, 5) is 22.6. The molecular weight excluding hydrogens is 536 g/mol. The fourth-order valence-corrected chi connectivity index (χ4v) is 5.76. The third-order valence-electron chi connectivity index (χ3n) is 7.94. The summed E-state index contributed by atoms with van der Waals surface area (Å²) in [6.45, 7) is 13.7. The van der Waals surface area contributed by atoms with Crippen LogP contribution in [0.3, 0.4) is 0 Å². The van der Waals surface area contributed by atoms with Gasteiger partial charge in [-0.25, -0.2) is 14.8 Å². The van der Waals surface area contributed by atoms with Gasteiger partial charge >= 0.3 is 6.09 Å². The molecule has 0 unspecified atom stereocenters. The van der Waals surface area contributed by atoms with Crippen LogP contribution in [0.4, 0.5) is 16.3 Å². The number of hydrogen-bond donors (Lipinski definition) is 3. The molecule has 0 atom stereocenters. The van der Waals surface area contributed by atoms with Gasteiger partial charge in [-0.15, -0.1) is 0 Å². The van der Waals surface area contributed by atoms with E-state index in [1.807, 2.05) is 57.2 Å². The van der Waals surface area contributed by atoms with Gasteiger partial charge in [0.05, 0.1) is 28.3 Å². The van der Waals surface area contributed by atoms with Crippen molar-refractivity contribution >= 4 is 23.2 Å². The molecule has 4 aromatic rings. The number of rotatable bonds is 6. The lowest BCUT2D eigenvalue weighted by atomic mass is 9.71. The lowest BCUT2D eigenvalue weighted by Crippen LogP contribution is -2.52. The van der Waals surface area contributed by atoms with Crippen molar-refractivity contribution < 1.29 is 9.53 Å². The maximum absolute atomic E-state index is 12.8. The highest BCUT2D eigenvalue weighted by Gasteiger charge is 2.41. The molecule has 2 aromatic carbocycles. The summed E-state index contributed by atoms with van der Waals surface area (Å²) >= 11 is 0. The number of nitrogens with one attached hydrogen (secondary N) is 2. The molecule has 8 heteroatoms. The number of imidazole rings is 1. The largest absolute Gasteiger partial charge is 0.444 e. The third kappa shape index (κ3) is 5.09. The van der Waals surface area contributed by atoms with Gasteiger partial charge < -0.3 is 21.1 Å². The molecule has 4 N–H and O–H groups in total. The standard InChI is InChI=1S/C35H36N6O2/c1-6-26-27(7-2)38-31-28(10-8-21-37-31)41-30(29(39-32(26)41)22-13-17-25(36)18-14-22)23-11-15-24(16-12-23)35(19-9-20-35)40-33(42)43-34(3,4)5/h6-8,10-18,21H,1-2,9,19-20,36H2,3-5H3,(H,37,38)(H,40,42). The number of benzene rings is 2. The van der Waals surface area contributed by atoms with Gasteiger partial charge in [-0.1, -0.05) is 55.6 Å². The molecular formula is C35H36N6O2. The number of nitrogens with zero attached hydrogens (tertiary/aromatic N) is 3. The molecule has 2 aromatic heterocycles. The Morgan fingerprint density at radius 2 is 1.74 bits per heavy atom. The quantitative estimate of drug-likeness (QED) is 0.205. The highest BCUT2D eigenvalue weighted by molar-refractivity contribution is 5.89. The number of hydrogen-bond acceptors (Lipinski definition) is 6. The predicted octanol–water partition coefficient (Wildman–Crippen LogP) is 7.60. The Balaban J connectivity index is 1.52. The normalized spacial score (nSPS) is 15.2. The minimum absolute atomic E-state index is 0.401. The third-order valence-corrected chi connectivity index (χ3v) is 7.94. The summed E-state index contributed by atoms with van der Waals surface area (Å²) in [5, 5.41) is 6.58. The van der Waals surface area contributed by atoms with Gasteiger partial charge in [0.15, 0.2) is 5.82 Å². The second kappa shape index (κ2) is 10.6. The lowest BCUT2D eigenvalue weighted by Gasteiger charge is -2.43. The van der Waals surface area contributed by atoms with E-state index in [1.54, 1.807) is 18.3 Å². The molecule has 3 heterocycles.